The molecule has 1 aromatic rings. The molecule has 1 saturated heterocycles. The van der Waals surface area contributed by atoms with Crippen LogP contribution in [0.3, 0.4) is 0 Å². The third-order valence-corrected chi connectivity index (χ3v) is 4.71. The van der Waals surface area contributed by atoms with E-state index >= 15 is 0 Å². The minimum absolute atomic E-state index is 0.335. The molecule has 2 rings (SSSR count). The molecular formula is C12H20N4O2S. The molecule has 7 heteroatoms. The van der Waals surface area contributed by atoms with Gasteiger partial charge in [-0.2, -0.15) is 12.7 Å². The van der Waals surface area contributed by atoms with Crippen LogP contribution in [0.4, 0.5) is 5.82 Å². The first-order chi connectivity index (χ1) is 9.12. The first-order valence-corrected chi connectivity index (χ1v) is 7.99. The lowest BCUT2D eigenvalue weighted by molar-refractivity contribution is 0.427. The van der Waals surface area contributed by atoms with Crippen LogP contribution in [0.25, 0.3) is 0 Å². The van der Waals surface area contributed by atoms with Crippen molar-refractivity contribution in [3.8, 4) is 0 Å². The molecule has 6 nitrogen and oxygen atoms in total. The number of hydrogen-bond donors (Lipinski definition) is 2. The van der Waals surface area contributed by atoms with Crippen molar-refractivity contribution >= 4 is 16.0 Å². The lowest BCUT2D eigenvalue weighted by atomic mass is 10.2. The third kappa shape index (κ3) is 3.89. The van der Waals surface area contributed by atoms with Crippen LogP contribution in [0.1, 0.15) is 31.2 Å². The molecule has 19 heavy (non-hydrogen) atoms. The van der Waals surface area contributed by atoms with Gasteiger partial charge in [-0.05, 0) is 24.5 Å². The Hall–Kier alpha value is -1.18. The Labute approximate surface area is 114 Å². The molecule has 0 bridgehead atoms. The number of aromatic nitrogens is 1. The van der Waals surface area contributed by atoms with Gasteiger partial charge < -0.3 is 5.73 Å². The largest absolute Gasteiger partial charge is 0.326 e. The summed E-state index contributed by atoms with van der Waals surface area (Å²) >= 11 is 0. The summed E-state index contributed by atoms with van der Waals surface area (Å²) in [6.45, 7) is 1.55. The molecule has 1 aliphatic heterocycles. The van der Waals surface area contributed by atoms with Crippen molar-refractivity contribution < 1.29 is 8.42 Å². The lowest BCUT2D eigenvalue weighted by Crippen LogP contribution is -2.36. The summed E-state index contributed by atoms with van der Waals surface area (Å²) in [6, 6.07) is 3.41. The van der Waals surface area contributed by atoms with Crippen molar-refractivity contribution in [2.75, 3.05) is 17.8 Å². The van der Waals surface area contributed by atoms with Crippen LogP contribution in [0.2, 0.25) is 0 Å². The zero-order valence-corrected chi connectivity index (χ0v) is 11.7. The lowest BCUT2D eigenvalue weighted by Gasteiger charge is -2.20. The predicted molar refractivity (Wildman–Crippen MR) is 74.7 cm³/mol. The maximum atomic E-state index is 12.2. The van der Waals surface area contributed by atoms with Gasteiger partial charge >= 0.3 is 10.2 Å². The van der Waals surface area contributed by atoms with Crippen molar-refractivity contribution in [3.05, 3.63) is 23.9 Å². The van der Waals surface area contributed by atoms with Crippen molar-refractivity contribution in [3.63, 3.8) is 0 Å². The summed E-state index contributed by atoms with van der Waals surface area (Å²) in [5.74, 6) is 0.335. The second-order valence-electron chi connectivity index (χ2n) is 4.68. The van der Waals surface area contributed by atoms with Gasteiger partial charge in [0.2, 0.25) is 0 Å². The second-order valence-corrected chi connectivity index (χ2v) is 6.35. The van der Waals surface area contributed by atoms with Crippen LogP contribution < -0.4 is 10.5 Å². The van der Waals surface area contributed by atoms with E-state index < -0.39 is 10.2 Å². The van der Waals surface area contributed by atoms with Gasteiger partial charge in [0.1, 0.15) is 5.82 Å². The standard InChI is InChI=1S/C12H20N4O2S/c13-9-11-5-6-12(14-10-11)15-19(17,18)16-7-3-1-2-4-8-16/h5-6,10H,1-4,7-9,13H2,(H,14,15). The van der Waals surface area contributed by atoms with E-state index in [1.807, 2.05) is 0 Å². The molecule has 1 aliphatic rings. The number of nitrogens with zero attached hydrogens (tertiary/aromatic N) is 2. The van der Waals surface area contributed by atoms with Crippen molar-refractivity contribution in [1.82, 2.24) is 9.29 Å². The van der Waals surface area contributed by atoms with Crippen molar-refractivity contribution in [1.29, 1.82) is 0 Å². The molecule has 0 amide bonds. The number of anilines is 1. The smallest absolute Gasteiger partial charge is 0.302 e. The zero-order valence-electron chi connectivity index (χ0n) is 10.9. The summed E-state index contributed by atoms with van der Waals surface area (Å²) in [6.07, 6.45) is 5.60. The molecule has 0 spiro atoms. The van der Waals surface area contributed by atoms with Crippen LogP contribution in [0, 0.1) is 0 Å². The molecule has 3 N–H and O–H groups in total. The minimum Gasteiger partial charge on any atom is -0.326 e. The number of pyridine rings is 1. The van der Waals surface area contributed by atoms with Gasteiger partial charge in [-0.15, -0.1) is 0 Å². The molecule has 1 aromatic heterocycles. The zero-order chi connectivity index (χ0) is 13.7. The van der Waals surface area contributed by atoms with Crippen LogP contribution in [-0.2, 0) is 16.8 Å². The van der Waals surface area contributed by atoms with E-state index in [1.54, 1.807) is 18.3 Å². The fourth-order valence-corrected chi connectivity index (χ4v) is 3.34. The highest BCUT2D eigenvalue weighted by Gasteiger charge is 2.23. The molecular weight excluding hydrogens is 264 g/mol. The molecule has 0 aliphatic carbocycles. The number of nitrogens with one attached hydrogen (secondary N) is 1. The molecule has 0 atom stereocenters. The van der Waals surface area contributed by atoms with E-state index in [0.29, 0.717) is 25.5 Å². The van der Waals surface area contributed by atoms with E-state index in [-0.39, 0.29) is 0 Å². The molecule has 106 valence electrons. The van der Waals surface area contributed by atoms with Gasteiger partial charge in [0.05, 0.1) is 0 Å². The number of nitrogens with two attached hydrogens (primary N) is 1. The van der Waals surface area contributed by atoms with Gasteiger partial charge in [0.15, 0.2) is 0 Å². The fraction of sp³-hybridized carbons (Fsp3) is 0.583. The summed E-state index contributed by atoms with van der Waals surface area (Å²) in [7, 11) is -3.49. The fourth-order valence-electron chi connectivity index (χ4n) is 2.08. The van der Waals surface area contributed by atoms with E-state index in [2.05, 4.69) is 9.71 Å². The maximum absolute atomic E-state index is 12.2. The summed E-state index contributed by atoms with van der Waals surface area (Å²) in [4.78, 5) is 4.06. The topological polar surface area (TPSA) is 88.3 Å². The maximum Gasteiger partial charge on any atom is 0.302 e. The Morgan fingerprint density at radius 1 is 1.21 bits per heavy atom. The second kappa shape index (κ2) is 6.31. The van der Waals surface area contributed by atoms with Gasteiger partial charge in [-0.1, -0.05) is 18.9 Å². The average Bonchev–Trinajstić information content (AvgIpc) is 2.68. The molecule has 2 heterocycles. The van der Waals surface area contributed by atoms with Gasteiger partial charge in [-0.3, -0.25) is 4.72 Å². The number of rotatable bonds is 4. The van der Waals surface area contributed by atoms with Crippen LogP contribution >= 0.6 is 0 Å². The summed E-state index contributed by atoms with van der Waals surface area (Å²) in [5.41, 5.74) is 6.35. The quantitative estimate of drug-likeness (QED) is 0.865. The van der Waals surface area contributed by atoms with Gasteiger partial charge in [0.25, 0.3) is 0 Å². The third-order valence-electron chi connectivity index (χ3n) is 3.20. The minimum atomic E-state index is -3.49. The van der Waals surface area contributed by atoms with E-state index in [0.717, 1.165) is 31.2 Å². The van der Waals surface area contributed by atoms with Crippen LogP contribution in [-0.4, -0.2) is 30.8 Å². The Morgan fingerprint density at radius 3 is 2.42 bits per heavy atom. The Bertz CT molecular complexity index is 493. The van der Waals surface area contributed by atoms with Crippen LogP contribution in [0.5, 0.6) is 0 Å². The van der Waals surface area contributed by atoms with Crippen molar-refractivity contribution in [2.45, 2.75) is 32.2 Å². The first-order valence-electron chi connectivity index (χ1n) is 6.55. The van der Waals surface area contributed by atoms with E-state index in [4.69, 9.17) is 5.73 Å². The Kier molecular flexibility index (Phi) is 4.73. The molecule has 0 saturated carbocycles. The highest BCUT2D eigenvalue weighted by Crippen LogP contribution is 2.15. The highest BCUT2D eigenvalue weighted by atomic mass is 32.2. The average molecular weight is 284 g/mol. The SMILES string of the molecule is NCc1ccc(NS(=O)(=O)N2CCCCCC2)nc1. The molecule has 0 unspecified atom stereocenters. The predicted octanol–water partition coefficient (Wildman–Crippen LogP) is 1.07. The normalized spacial score (nSPS) is 17.9. The Morgan fingerprint density at radius 2 is 1.89 bits per heavy atom. The Balaban J connectivity index is 2.06. The molecule has 0 radical (unpaired) electrons. The monoisotopic (exact) mass is 284 g/mol. The van der Waals surface area contributed by atoms with Gasteiger partial charge in [0, 0.05) is 25.8 Å². The number of hydrogen-bond acceptors (Lipinski definition) is 4. The van der Waals surface area contributed by atoms with Crippen LogP contribution in [0.15, 0.2) is 18.3 Å². The summed E-state index contributed by atoms with van der Waals surface area (Å²) in [5, 5.41) is 0. The molecule has 1 fully saturated rings. The highest BCUT2D eigenvalue weighted by molar-refractivity contribution is 7.90. The first kappa shape index (κ1) is 14.2. The molecule has 0 aromatic carbocycles. The van der Waals surface area contributed by atoms with Crippen molar-refractivity contribution in [2.24, 2.45) is 5.73 Å². The van der Waals surface area contributed by atoms with Gasteiger partial charge in [-0.25, -0.2) is 4.98 Å². The van der Waals surface area contributed by atoms with E-state index in [9.17, 15) is 8.42 Å². The van der Waals surface area contributed by atoms with E-state index in [1.165, 1.54) is 4.31 Å². The summed E-state index contributed by atoms with van der Waals surface area (Å²) < 4.78 is 28.4.